The van der Waals surface area contributed by atoms with E-state index in [-0.39, 0.29) is 0 Å². The van der Waals surface area contributed by atoms with Crippen molar-refractivity contribution in [3.63, 3.8) is 0 Å². The zero-order chi connectivity index (χ0) is 18.4. The molecule has 2 aliphatic rings. The molecule has 146 valence electrons. The molecule has 0 saturated carbocycles. The van der Waals surface area contributed by atoms with E-state index >= 15 is 0 Å². The lowest BCUT2D eigenvalue weighted by Gasteiger charge is -2.36. The predicted molar refractivity (Wildman–Crippen MR) is 104 cm³/mol. The van der Waals surface area contributed by atoms with Gasteiger partial charge in [0, 0.05) is 65.0 Å². The summed E-state index contributed by atoms with van der Waals surface area (Å²) in [7, 11) is 1.89. The zero-order valence-electron chi connectivity index (χ0n) is 16.5. The maximum atomic E-state index is 4.93. The van der Waals surface area contributed by atoms with E-state index in [1.165, 1.54) is 25.9 Å². The van der Waals surface area contributed by atoms with Crippen molar-refractivity contribution in [1.82, 2.24) is 25.2 Å². The highest BCUT2D eigenvalue weighted by molar-refractivity contribution is 5.80. The van der Waals surface area contributed by atoms with Gasteiger partial charge in [-0.25, -0.2) is 0 Å². The summed E-state index contributed by atoms with van der Waals surface area (Å²) in [5, 5.41) is 7.64. The van der Waals surface area contributed by atoms with Gasteiger partial charge in [-0.3, -0.25) is 14.8 Å². The number of piperazine rings is 1. The van der Waals surface area contributed by atoms with Gasteiger partial charge in [0.2, 0.25) is 0 Å². The van der Waals surface area contributed by atoms with Crippen molar-refractivity contribution in [3.05, 3.63) is 18.0 Å². The fraction of sp³-hybridized carbons (Fsp3) is 0.789. The second-order valence-electron chi connectivity index (χ2n) is 7.87. The normalized spacial score (nSPS) is 23.2. The molecule has 2 aliphatic heterocycles. The van der Waals surface area contributed by atoms with Gasteiger partial charge in [0.1, 0.15) is 6.26 Å². The molecular weight excluding hydrogens is 328 g/mol. The van der Waals surface area contributed by atoms with Crippen molar-refractivity contribution in [2.75, 3.05) is 52.9 Å². The Morgan fingerprint density at radius 3 is 2.77 bits per heavy atom. The van der Waals surface area contributed by atoms with Crippen molar-refractivity contribution in [2.45, 2.75) is 39.3 Å². The van der Waals surface area contributed by atoms with Crippen LogP contribution in [0.1, 0.15) is 32.4 Å². The van der Waals surface area contributed by atoms with E-state index in [1.807, 2.05) is 13.1 Å². The Bertz CT molecular complexity index is 550. The minimum atomic E-state index is 0.641. The van der Waals surface area contributed by atoms with E-state index in [2.05, 4.69) is 44.0 Å². The minimum Gasteiger partial charge on any atom is -0.364 e. The molecule has 0 bridgehead atoms. The van der Waals surface area contributed by atoms with Crippen LogP contribution in [0.4, 0.5) is 0 Å². The number of nitrogens with one attached hydrogen (secondary N) is 1. The molecule has 0 radical (unpaired) electrons. The van der Waals surface area contributed by atoms with E-state index in [1.54, 1.807) is 6.26 Å². The SMILES string of the molecule is CN=C(NC[C@H]1CCCN1CC(C)C)N1CCN(Cc2ccon2)CC1. The first-order chi connectivity index (χ1) is 12.7. The highest BCUT2D eigenvalue weighted by Crippen LogP contribution is 2.18. The molecule has 0 spiro atoms. The van der Waals surface area contributed by atoms with Gasteiger partial charge >= 0.3 is 0 Å². The first-order valence-corrected chi connectivity index (χ1v) is 9.97. The van der Waals surface area contributed by atoms with Crippen LogP contribution in [-0.4, -0.2) is 84.7 Å². The first-order valence-electron chi connectivity index (χ1n) is 9.97. The number of guanidine groups is 1. The maximum absolute atomic E-state index is 4.93. The standard InChI is InChI=1S/C19H34N6O/c1-16(2)14-25-7-4-5-18(25)13-21-19(20-3)24-10-8-23(9-11-24)15-17-6-12-26-22-17/h6,12,16,18H,4-5,7-11,13-15H2,1-3H3,(H,20,21)/t18-/m1/s1. The number of aliphatic imine (C=N–C) groups is 1. The van der Waals surface area contributed by atoms with Gasteiger partial charge in [0.05, 0.1) is 5.69 Å². The Morgan fingerprint density at radius 1 is 1.31 bits per heavy atom. The third-order valence-electron chi connectivity index (χ3n) is 5.36. The molecule has 0 unspecified atom stereocenters. The largest absolute Gasteiger partial charge is 0.364 e. The van der Waals surface area contributed by atoms with Gasteiger partial charge in [-0.05, 0) is 25.3 Å². The Balaban J connectivity index is 1.43. The summed E-state index contributed by atoms with van der Waals surface area (Å²) in [5.74, 6) is 1.77. The molecule has 0 aliphatic carbocycles. The highest BCUT2D eigenvalue weighted by Gasteiger charge is 2.26. The van der Waals surface area contributed by atoms with Crippen LogP contribution >= 0.6 is 0 Å². The molecule has 1 N–H and O–H groups in total. The molecule has 1 aromatic heterocycles. The third-order valence-corrected chi connectivity index (χ3v) is 5.36. The summed E-state index contributed by atoms with van der Waals surface area (Å²) >= 11 is 0. The van der Waals surface area contributed by atoms with Crippen molar-refractivity contribution in [1.29, 1.82) is 0 Å². The quantitative estimate of drug-likeness (QED) is 0.611. The molecule has 1 aromatic rings. The van der Waals surface area contributed by atoms with Gasteiger partial charge < -0.3 is 14.7 Å². The van der Waals surface area contributed by atoms with E-state index in [4.69, 9.17) is 4.52 Å². The van der Waals surface area contributed by atoms with Gasteiger partial charge in [-0.2, -0.15) is 0 Å². The van der Waals surface area contributed by atoms with E-state index in [0.29, 0.717) is 6.04 Å². The minimum absolute atomic E-state index is 0.641. The summed E-state index contributed by atoms with van der Waals surface area (Å²) in [6.45, 7) is 13.0. The van der Waals surface area contributed by atoms with Crippen LogP contribution in [-0.2, 0) is 6.54 Å². The number of hydrogen-bond acceptors (Lipinski definition) is 5. The lowest BCUT2D eigenvalue weighted by atomic mass is 10.1. The second kappa shape index (κ2) is 9.37. The Morgan fingerprint density at radius 2 is 2.12 bits per heavy atom. The summed E-state index contributed by atoms with van der Waals surface area (Å²) < 4.78 is 4.93. The van der Waals surface area contributed by atoms with Gasteiger partial charge in [0.15, 0.2) is 5.96 Å². The zero-order valence-corrected chi connectivity index (χ0v) is 16.5. The molecule has 7 heteroatoms. The lowest BCUT2D eigenvalue weighted by molar-refractivity contribution is 0.167. The fourth-order valence-corrected chi connectivity index (χ4v) is 4.04. The van der Waals surface area contributed by atoms with E-state index < -0.39 is 0 Å². The monoisotopic (exact) mass is 362 g/mol. The van der Waals surface area contributed by atoms with Crippen LogP contribution in [0.25, 0.3) is 0 Å². The van der Waals surface area contributed by atoms with Crippen LogP contribution < -0.4 is 5.32 Å². The summed E-state index contributed by atoms with van der Waals surface area (Å²) in [4.78, 5) is 12.0. The molecular formula is C19H34N6O. The van der Waals surface area contributed by atoms with Crippen molar-refractivity contribution >= 4 is 5.96 Å². The molecule has 2 saturated heterocycles. The van der Waals surface area contributed by atoms with Crippen LogP contribution in [0.3, 0.4) is 0 Å². The Hall–Kier alpha value is -1.60. The van der Waals surface area contributed by atoms with Gasteiger partial charge in [-0.1, -0.05) is 19.0 Å². The number of nitrogens with zero attached hydrogens (tertiary/aromatic N) is 5. The second-order valence-corrected chi connectivity index (χ2v) is 7.87. The van der Waals surface area contributed by atoms with E-state index in [0.717, 1.165) is 56.8 Å². The lowest BCUT2D eigenvalue weighted by Crippen LogP contribution is -2.53. The third kappa shape index (κ3) is 5.20. The average molecular weight is 363 g/mol. The molecule has 2 fully saturated rings. The van der Waals surface area contributed by atoms with Crippen molar-refractivity contribution in [3.8, 4) is 0 Å². The van der Waals surface area contributed by atoms with E-state index in [9.17, 15) is 0 Å². The molecule has 26 heavy (non-hydrogen) atoms. The van der Waals surface area contributed by atoms with Crippen LogP contribution in [0, 0.1) is 5.92 Å². The van der Waals surface area contributed by atoms with Crippen LogP contribution in [0.15, 0.2) is 21.8 Å². The summed E-state index contributed by atoms with van der Waals surface area (Å²) in [6.07, 6.45) is 4.25. The van der Waals surface area contributed by atoms with Crippen molar-refractivity contribution < 1.29 is 4.52 Å². The highest BCUT2D eigenvalue weighted by atomic mass is 16.5. The average Bonchev–Trinajstić information content (AvgIpc) is 3.28. The topological polar surface area (TPSA) is 60.1 Å². The molecule has 3 rings (SSSR count). The molecule has 1 atom stereocenters. The predicted octanol–water partition coefficient (Wildman–Crippen LogP) is 1.49. The number of rotatable bonds is 6. The smallest absolute Gasteiger partial charge is 0.193 e. The Labute approximate surface area is 157 Å². The molecule has 7 nitrogen and oxygen atoms in total. The Kier molecular flexibility index (Phi) is 6.91. The summed E-state index contributed by atoms with van der Waals surface area (Å²) in [6, 6.07) is 2.58. The number of aromatic nitrogens is 1. The van der Waals surface area contributed by atoms with Gasteiger partial charge in [0.25, 0.3) is 0 Å². The maximum Gasteiger partial charge on any atom is 0.193 e. The first kappa shape index (κ1) is 19.2. The van der Waals surface area contributed by atoms with Gasteiger partial charge in [-0.15, -0.1) is 0 Å². The fourth-order valence-electron chi connectivity index (χ4n) is 4.04. The number of likely N-dealkylation sites (tertiary alicyclic amines) is 1. The number of hydrogen-bond donors (Lipinski definition) is 1. The molecule has 0 aromatic carbocycles. The van der Waals surface area contributed by atoms with Crippen LogP contribution in [0.5, 0.6) is 0 Å². The summed E-state index contributed by atoms with van der Waals surface area (Å²) in [5.41, 5.74) is 1.01. The molecule has 3 heterocycles. The molecule has 0 amide bonds. The van der Waals surface area contributed by atoms with Crippen molar-refractivity contribution in [2.24, 2.45) is 10.9 Å². The van der Waals surface area contributed by atoms with Crippen LogP contribution in [0.2, 0.25) is 0 Å².